The van der Waals surface area contributed by atoms with Crippen molar-refractivity contribution >= 4 is 0 Å². The van der Waals surface area contributed by atoms with Crippen LogP contribution in [0.5, 0.6) is 11.5 Å². The Morgan fingerprint density at radius 1 is 1.00 bits per heavy atom. The van der Waals surface area contributed by atoms with E-state index in [-0.39, 0.29) is 0 Å². The zero-order chi connectivity index (χ0) is 15.1. The van der Waals surface area contributed by atoms with E-state index in [0.29, 0.717) is 18.8 Å². The third-order valence-electron chi connectivity index (χ3n) is 3.11. The number of hydrogen-bond donors (Lipinski definition) is 0. The third kappa shape index (κ3) is 4.54. The highest BCUT2D eigenvalue weighted by atomic mass is 16.5. The second-order valence-corrected chi connectivity index (χ2v) is 4.96. The quantitative estimate of drug-likeness (QED) is 0.751. The molecule has 108 valence electrons. The Hall–Kier alpha value is -2.47. The number of nitriles is 1. The first-order valence-corrected chi connectivity index (χ1v) is 7.02. The maximum absolute atomic E-state index is 8.82. The molecule has 2 aromatic rings. The van der Waals surface area contributed by atoms with Gasteiger partial charge in [0.15, 0.2) is 0 Å². The molecule has 2 rings (SSSR count). The van der Waals surface area contributed by atoms with E-state index in [2.05, 4.69) is 19.1 Å². The van der Waals surface area contributed by atoms with E-state index >= 15 is 0 Å². The minimum absolute atomic E-state index is 0.569. The highest BCUT2D eigenvalue weighted by molar-refractivity contribution is 5.36. The lowest BCUT2D eigenvalue weighted by Gasteiger charge is -2.10. The van der Waals surface area contributed by atoms with Crippen LogP contribution < -0.4 is 9.47 Å². The molecule has 0 amide bonds. The Labute approximate surface area is 125 Å². The summed E-state index contributed by atoms with van der Waals surface area (Å²) in [6.45, 7) is 5.30. The third-order valence-corrected chi connectivity index (χ3v) is 3.11. The minimum Gasteiger partial charge on any atom is -0.493 e. The maximum Gasteiger partial charge on any atom is 0.122 e. The fraction of sp³-hybridized carbons (Fsp3) is 0.278. The molecule has 0 atom stereocenters. The molecular formula is C18H19NO2. The van der Waals surface area contributed by atoms with Crippen molar-refractivity contribution in [3.8, 4) is 17.6 Å². The van der Waals surface area contributed by atoms with Gasteiger partial charge in [0.2, 0.25) is 0 Å². The Balaban J connectivity index is 1.74. The summed E-state index contributed by atoms with van der Waals surface area (Å²) in [6, 6.07) is 15.4. The molecule has 0 heterocycles. The molecule has 0 unspecified atom stereocenters. The zero-order valence-electron chi connectivity index (χ0n) is 12.4. The van der Waals surface area contributed by atoms with Crippen LogP contribution in [0.2, 0.25) is 0 Å². The average Bonchev–Trinajstić information content (AvgIpc) is 2.49. The zero-order valence-corrected chi connectivity index (χ0v) is 12.4. The number of benzene rings is 2. The number of rotatable bonds is 6. The standard InChI is InChI=1S/C18H19NO2/c1-14-7-8-18(15(2)11-14)21-10-4-9-20-17-6-3-5-16(12-17)13-19/h3,5-8,11-12H,4,9-10H2,1-2H3. The molecule has 0 saturated carbocycles. The molecule has 0 spiro atoms. The van der Waals surface area contributed by atoms with Gasteiger partial charge < -0.3 is 9.47 Å². The van der Waals surface area contributed by atoms with Crippen LogP contribution in [0.15, 0.2) is 42.5 Å². The summed E-state index contributed by atoms with van der Waals surface area (Å²) in [6.07, 6.45) is 0.796. The Morgan fingerprint density at radius 2 is 1.81 bits per heavy atom. The maximum atomic E-state index is 8.82. The van der Waals surface area contributed by atoms with Crippen molar-refractivity contribution < 1.29 is 9.47 Å². The molecule has 0 aromatic heterocycles. The molecule has 0 fully saturated rings. The molecule has 0 aliphatic rings. The highest BCUT2D eigenvalue weighted by Gasteiger charge is 2.00. The normalized spacial score (nSPS) is 9.95. The Bertz CT molecular complexity index is 644. The van der Waals surface area contributed by atoms with E-state index < -0.39 is 0 Å². The van der Waals surface area contributed by atoms with E-state index in [0.717, 1.165) is 23.5 Å². The van der Waals surface area contributed by atoms with Gasteiger partial charge in [-0.3, -0.25) is 0 Å². The average molecular weight is 281 g/mol. The summed E-state index contributed by atoms with van der Waals surface area (Å²) in [4.78, 5) is 0. The fourth-order valence-corrected chi connectivity index (χ4v) is 2.05. The number of ether oxygens (including phenoxy) is 2. The molecule has 0 saturated heterocycles. The van der Waals surface area contributed by atoms with Crippen molar-refractivity contribution in [2.75, 3.05) is 13.2 Å². The monoisotopic (exact) mass is 281 g/mol. The predicted molar refractivity (Wildman–Crippen MR) is 82.7 cm³/mol. The van der Waals surface area contributed by atoms with Gasteiger partial charge in [-0.2, -0.15) is 5.26 Å². The van der Waals surface area contributed by atoms with Crippen LogP contribution in [-0.4, -0.2) is 13.2 Å². The van der Waals surface area contributed by atoms with E-state index in [1.165, 1.54) is 5.56 Å². The second-order valence-electron chi connectivity index (χ2n) is 4.96. The summed E-state index contributed by atoms with van der Waals surface area (Å²) in [7, 11) is 0. The highest BCUT2D eigenvalue weighted by Crippen LogP contribution is 2.19. The van der Waals surface area contributed by atoms with Crippen molar-refractivity contribution in [3.05, 3.63) is 59.2 Å². The summed E-state index contributed by atoms with van der Waals surface area (Å²) in [5.74, 6) is 1.65. The van der Waals surface area contributed by atoms with E-state index in [1.54, 1.807) is 12.1 Å². The topological polar surface area (TPSA) is 42.2 Å². The molecular weight excluding hydrogens is 262 g/mol. The van der Waals surface area contributed by atoms with Crippen LogP contribution in [0.1, 0.15) is 23.1 Å². The summed E-state index contributed by atoms with van der Waals surface area (Å²) >= 11 is 0. The lowest BCUT2D eigenvalue weighted by molar-refractivity contribution is 0.246. The Kier molecular flexibility index (Phi) is 5.22. The van der Waals surface area contributed by atoms with E-state index in [1.807, 2.05) is 31.2 Å². The van der Waals surface area contributed by atoms with Gasteiger partial charge in [-0.25, -0.2) is 0 Å². The number of nitrogens with zero attached hydrogens (tertiary/aromatic N) is 1. The molecule has 0 radical (unpaired) electrons. The van der Waals surface area contributed by atoms with Crippen molar-refractivity contribution in [2.24, 2.45) is 0 Å². The Morgan fingerprint density at radius 3 is 2.57 bits per heavy atom. The molecule has 2 aromatic carbocycles. The first-order chi connectivity index (χ1) is 10.2. The fourth-order valence-electron chi connectivity index (χ4n) is 2.05. The van der Waals surface area contributed by atoms with Crippen LogP contribution >= 0.6 is 0 Å². The van der Waals surface area contributed by atoms with Gasteiger partial charge in [0.05, 0.1) is 24.8 Å². The van der Waals surface area contributed by atoms with Gasteiger partial charge in [0, 0.05) is 6.42 Å². The summed E-state index contributed by atoms with van der Waals surface area (Å²) in [5.41, 5.74) is 3.00. The van der Waals surface area contributed by atoms with Gasteiger partial charge in [-0.05, 0) is 43.7 Å². The van der Waals surface area contributed by atoms with Gasteiger partial charge in [-0.15, -0.1) is 0 Å². The van der Waals surface area contributed by atoms with Gasteiger partial charge in [0.1, 0.15) is 11.5 Å². The largest absolute Gasteiger partial charge is 0.493 e. The molecule has 21 heavy (non-hydrogen) atoms. The van der Waals surface area contributed by atoms with Crippen LogP contribution in [0.25, 0.3) is 0 Å². The first-order valence-electron chi connectivity index (χ1n) is 7.02. The predicted octanol–water partition coefficient (Wildman–Crippen LogP) is 4.02. The van der Waals surface area contributed by atoms with Gasteiger partial charge in [-0.1, -0.05) is 23.8 Å². The smallest absolute Gasteiger partial charge is 0.122 e. The van der Waals surface area contributed by atoms with Crippen LogP contribution in [0.3, 0.4) is 0 Å². The lowest BCUT2D eigenvalue weighted by atomic mass is 10.1. The lowest BCUT2D eigenvalue weighted by Crippen LogP contribution is -2.05. The summed E-state index contributed by atoms with van der Waals surface area (Å²) in [5, 5.41) is 8.82. The number of aryl methyl sites for hydroxylation is 2. The van der Waals surface area contributed by atoms with Crippen molar-refractivity contribution in [2.45, 2.75) is 20.3 Å². The van der Waals surface area contributed by atoms with Crippen molar-refractivity contribution in [1.82, 2.24) is 0 Å². The van der Waals surface area contributed by atoms with E-state index in [4.69, 9.17) is 14.7 Å². The van der Waals surface area contributed by atoms with E-state index in [9.17, 15) is 0 Å². The number of hydrogen-bond acceptors (Lipinski definition) is 3. The van der Waals surface area contributed by atoms with Crippen molar-refractivity contribution in [1.29, 1.82) is 5.26 Å². The molecule has 0 aliphatic heterocycles. The van der Waals surface area contributed by atoms with Crippen LogP contribution in [0, 0.1) is 25.2 Å². The molecule has 3 nitrogen and oxygen atoms in total. The second kappa shape index (κ2) is 7.35. The van der Waals surface area contributed by atoms with Crippen LogP contribution in [0.4, 0.5) is 0 Å². The summed E-state index contributed by atoms with van der Waals surface area (Å²) < 4.78 is 11.3. The molecule has 0 bridgehead atoms. The minimum atomic E-state index is 0.569. The SMILES string of the molecule is Cc1ccc(OCCCOc2cccc(C#N)c2)c(C)c1. The van der Waals surface area contributed by atoms with Crippen molar-refractivity contribution in [3.63, 3.8) is 0 Å². The first kappa shape index (κ1) is 14.9. The van der Waals surface area contributed by atoms with Crippen LogP contribution in [-0.2, 0) is 0 Å². The van der Waals surface area contributed by atoms with Gasteiger partial charge in [0.25, 0.3) is 0 Å². The molecule has 0 aliphatic carbocycles. The van der Waals surface area contributed by atoms with Gasteiger partial charge >= 0.3 is 0 Å². The molecule has 0 N–H and O–H groups in total. The molecule has 3 heteroatoms.